The standard InChI is InChI=1S/C15H14ClN3O2/c1-10(19-21)11-5-7-13(8-6-11)17-15(20)18-14-4-2-3-12(16)9-14/h2-9,21H,1H3,(H2,17,18,20)/b19-10+. The minimum absolute atomic E-state index is 0.363. The van der Waals surface area contributed by atoms with Gasteiger partial charge in [0.05, 0.1) is 5.71 Å². The van der Waals surface area contributed by atoms with Crippen LogP contribution in [0.1, 0.15) is 12.5 Å². The Hall–Kier alpha value is -2.53. The van der Waals surface area contributed by atoms with Crippen molar-refractivity contribution in [1.82, 2.24) is 0 Å². The Morgan fingerprint density at radius 2 is 1.76 bits per heavy atom. The summed E-state index contributed by atoms with van der Waals surface area (Å²) in [6.45, 7) is 1.69. The summed E-state index contributed by atoms with van der Waals surface area (Å²) in [5.41, 5.74) is 2.52. The largest absolute Gasteiger partial charge is 0.411 e. The van der Waals surface area contributed by atoms with Gasteiger partial charge in [-0.2, -0.15) is 0 Å². The molecule has 3 N–H and O–H groups in total. The van der Waals surface area contributed by atoms with Crippen LogP contribution < -0.4 is 10.6 Å². The lowest BCUT2D eigenvalue weighted by Crippen LogP contribution is -2.19. The van der Waals surface area contributed by atoms with Crippen LogP contribution in [-0.2, 0) is 0 Å². The average Bonchev–Trinajstić information content (AvgIpc) is 2.47. The van der Waals surface area contributed by atoms with Crippen molar-refractivity contribution in [2.24, 2.45) is 5.16 Å². The maximum atomic E-state index is 11.8. The van der Waals surface area contributed by atoms with E-state index < -0.39 is 0 Å². The number of nitrogens with zero attached hydrogens (tertiary/aromatic N) is 1. The highest BCUT2D eigenvalue weighted by Crippen LogP contribution is 2.16. The number of carbonyl (C=O) groups excluding carboxylic acids is 1. The SMILES string of the molecule is C/C(=N\O)c1ccc(NC(=O)Nc2cccc(Cl)c2)cc1. The number of rotatable bonds is 3. The molecule has 2 aromatic carbocycles. The second-order valence-corrected chi connectivity index (χ2v) is 4.79. The third-order valence-corrected chi connectivity index (χ3v) is 3.03. The number of oxime groups is 1. The predicted octanol–water partition coefficient (Wildman–Crippen LogP) is 4.18. The maximum Gasteiger partial charge on any atom is 0.323 e. The van der Waals surface area contributed by atoms with E-state index in [4.69, 9.17) is 16.8 Å². The van der Waals surface area contributed by atoms with Gasteiger partial charge in [0.1, 0.15) is 0 Å². The number of hydrogen-bond donors (Lipinski definition) is 3. The van der Waals surface area contributed by atoms with Gasteiger partial charge in [0.25, 0.3) is 0 Å². The van der Waals surface area contributed by atoms with Crippen molar-refractivity contribution in [3.05, 3.63) is 59.1 Å². The van der Waals surface area contributed by atoms with Crippen LogP contribution in [0.2, 0.25) is 5.02 Å². The summed E-state index contributed by atoms with van der Waals surface area (Å²) in [4.78, 5) is 11.8. The average molecular weight is 304 g/mol. The quantitative estimate of drug-likeness (QED) is 0.452. The van der Waals surface area contributed by atoms with E-state index in [-0.39, 0.29) is 6.03 Å². The molecular weight excluding hydrogens is 290 g/mol. The Bertz CT molecular complexity index is 669. The molecule has 0 unspecified atom stereocenters. The Morgan fingerprint density at radius 3 is 2.38 bits per heavy atom. The smallest absolute Gasteiger partial charge is 0.323 e. The van der Waals surface area contributed by atoms with Crippen molar-refractivity contribution < 1.29 is 10.0 Å². The Morgan fingerprint density at radius 1 is 1.10 bits per heavy atom. The summed E-state index contributed by atoms with van der Waals surface area (Å²) in [5, 5.41) is 17.7. The normalized spacial score (nSPS) is 11.0. The molecule has 0 radical (unpaired) electrons. The number of carbonyl (C=O) groups is 1. The summed E-state index contributed by atoms with van der Waals surface area (Å²) < 4.78 is 0. The molecule has 0 spiro atoms. The number of benzene rings is 2. The van der Waals surface area contributed by atoms with Crippen LogP contribution in [0.3, 0.4) is 0 Å². The van der Waals surface area contributed by atoms with Crippen LogP contribution >= 0.6 is 11.6 Å². The monoisotopic (exact) mass is 303 g/mol. The predicted molar refractivity (Wildman–Crippen MR) is 84.5 cm³/mol. The first-order valence-corrected chi connectivity index (χ1v) is 6.59. The number of anilines is 2. The number of amides is 2. The van der Waals surface area contributed by atoms with Gasteiger partial charge in [-0.1, -0.05) is 35.0 Å². The maximum absolute atomic E-state index is 11.8. The van der Waals surface area contributed by atoms with Crippen LogP contribution in [0.4, 0.5) is 16.2 Å². The van der Waals surface area contributed by atoms with E-state index in [0.717, 1.165) is 5.56 Å². The van der Waals surface area contributed by atoms with E-state index >= 15 is 0 Å². The van der Waals surface area contributed by atoms with E-state index in [2.05, 4.69) is 15.8 Å². The third kappa shape index (κ3) is 4.22. The Labute approximate surface area is 127 Å². The number of urea groups is 1. The van der Waals surface area contributed by atoms with E-state index in [1.54, 1.807) is 55.5 Å². The van der Waals surface area contributed by atoms with Crippen molar-refractivity contribution in [1.29, 1.82) is 0 Å². The molecule has 0 aliphatic heterocycles. The number of hydrogen-bond acceptors (Lipinski definition) is 3. The van der Waals surface area contributed by atoms with Gasteiger partial charge in [-0.25, -0.2) is 4.79 Å². The zero-order chi connectivity index (χ0) is 15.2. The summed E-state index contributed by atoms with van der Waals surface area (Å²) >= 11 is 5.85. The van der Waals surface area contributed by atoms with Crippen molar-refractivity contribution in [2.45, 2.75) is 6.92 Å². The van der Waals surface area contributed by atoms with Gasteiger partial charge in [0.15, 0.2) is 0 Å². The Balaban J connectivity index is 2.00. The minimum atomic E-state index is -0.363. The van der Waals surface area contributed by atoms with Crippen molar-refractivity contribution >= 4 is 34.7 Å². The first-order chi connectivity index (χ1) is 10.1. The molecule has 0 bridgehead atoms. The van der Waals surface area contributed by atoms with Gasteiger partial charge in [-0.05, 0) is 42.8 Å². The molecule has 0 aliphatic rings. The van der Waals surface area contributed by atoms with Crippen molar-refractivity contribution in [2.75, 3.05) is 10.6 Å². The van der Waals surface area contributed by atoms with E-state index in [1.807, 2.05) is 0 Å². The molecule has 0 saturated heterocycles. The summed E-state index contributed by atoms with van der Waals surface area (Å²) in [5.74, 6) is 0. The van der Waals surface area contributed by atoms with Crippen LogP contribution in [0, 0.1) is 0 Å². The topological polar surface area (TPSA) is 73.7 Å². The highest BCUT2D eigenvalue weighted by atomic mass is 35.5. The second kappa shape index (κ2) is 6.76. The fourth-order valence-electron chi connectivity index (χ4n) is 1.71. The lowest BCUT2D eigenvalue weighted by atomic mass is 10.1. The molecular formula is C15H14ClN3O2. The summed E-state index contributed by atoms with van der Waals surface area (Å²) in [6.07, 6.45) is 0. The van der Waals surface area contributed by atoms with Crippen LogP contribution in [0.5, 0.6) is 0 Å². The van der Waals surface area contributed by atoms with Crippen molar-refractivity contribution in [3.8, 4) is 0 Å². The highest BCUT2D eigenvalue weighted by molar-refractivity contribution is 6.30. The molecule has 0 aliphatic carbocycles. The van der Waals surface area contributed by atoms with Gasteiger partial charge < -0.3 is 15.8 Å². The molecule has 0 fully saturated rings. The molecule has 2 aromatic rings. The molecule has 108 valence electrons. The van der Waals surface area contributed by atoms with Crippen LogP contribution in [0.25, 0.3) is 0 Å². The number of halogens is 1. The summed E-state index contributed by atoms with van der Waals surface area (Å²) in [6, 6.07) is 13.5. The zero-order valence-corrected chi connectivity index (χ0v) is 12.1. The molecule has 0 aromatic heterocycles. The van der Waals surface area contributed by atoms with Gasteiger partial charge in [-0.15, -0.1) is 0 Å². The molecule has 0 atom stereocenters. The molecule has 0 saturated carbocycles. The second-order valence-electron chi connectivity index (χ2n) is 4.35. The van der Waals surface area contributed by atoms with Gasteiger partial charge >= 0.3 is 6.03 Å². The molecule has 0 heterocycles. The molecule has 21 heavy (non-hydrogen) atoms. The number of nitrogens with one attached hydrogen (secondary N) is 2. The molecule has 2 rings (SSSR count). The zero-order valence-electron chi connectivity index (χ0n) is 11.3. The summed E-state index contributed by atoms with van der Waals surface area (Å²) in [7, 11) is 0. The fraction of sp³-hybridized carbons (Fsp3) is 0.0667. The van der Waals surface area contributed by atoms with Gasteiger partial charge in [0, 0.05) is 16.4 Å². The molecule has 5 nitrogen and oxygen atoms in total. The first kappa shape index (κ1) is 14.9. The lowest BCUT2D eigenvalue weighted by molar-refractivity contribution is 0.262. The van der Waals surface area contributed by atoms with Crippen LogP contribution in [-0.4, -0.2) is 17.0 Å². The van der Waals surface area contributed by atoms with Gasteiger partial charge in [-0.3, -0.25) is 0 Å². The molecule has 2 amide bonds. The third-order valence-electron chi connectivity index (χ3n) is 2.79. The minimum Gasteiger partial charge on any atom is -0.411 e. The van der Waals surface area contributed by atoms with E-state index in [9.17, 15) is 4.79 Å². The Kier molecular flexibility index (Phi) is 4.79. The van der Waals surface area contributed by atoms with Crippen LogP contribution in [0.15, 0.2) is 53.7 Å². The first-order valence-electron chi connectivity index (χ1n) is 6.21. The van der Waals surface area contributed by atoms with Gasteiger partial charge in [0.2, 0.25) is 0 Å². The highest BCUT2D eigenvalue weighted by Gasteiger charge is 2.04. The molecule has 6 heteroatoms. The van der Waals surface area contributed by atoms with Crippen molar-refractivity contribution in [3.63, 3.8) is 0 Å². The van der Waals surface area contributed by atoms with E-state index in [0.29, 0.717) is 22.1 Å². The fourth-order valence-corrected chi connectivity index (χ4v) is 1.90. The lowest BCUT2D eigenvalue weighted by Gasteiger charge is -2.08. The van der Waals surface area contributed by atoms with E-state index in [1.165, 1.54) is 0 Å².